The number of carbonyl (C=O) groups excluding carboxylic acids is 1. The van der Waals surface area contributed by atoms with E-state index in [1.54, 1.807) is 6.26 Å². The van der Waals surface area contributed by atoms with Crippen LogP contribution in [0.15, 0.2) is 22.8 Å². The highest BCUT2D eigenvalue weighted by Crippen LogP contribution is 2.23. The Labute approximate surface area is 108 Å². The smallest absolute Gasteiger partial charge is 0.240 e. The van der Waals surface area contributed by atoms with Crippen molar-refractivity contribution in [3.05, 3.63) is 24.2 Å². The molecule has 1 aromatic heterocycles. The van der Waals surface area contributed by atoms with Crippen LogP contribution in [0.5, 0.6) is 0 Å². The minimum Gasteiger partial charge on any atom is -0.469 e. The second-order valence-electron chi connectivity index (χ2n) is 5.12. The highest BCUT2D eigenvalue weighted by Gasteiger charge is 2.39. The van der Waals surface area contributed by atoms with Crippen molar-refractivity contribution in [1.29, 1.82) is 0 Å². The molecule has 2 unspecified atom stereocenters. The summed E-state index contributed by atoms with van der Waals surface area (Å²) in [5, 5.41) is 6.44. The molecule has 0 radical (unpaired) electrons. The maximum absolute atomic E-state index is 12.3. The predicted octanol–water partition coefficient (Wildman–Crippen LogP) is 1.86. The van der Waals surface area contributed by atoms with E-state index in [0.29, 0.717) is 0 Å². The number of hydrogen-bond acceptors (Lipinski definition) is 3. The van der Waals surface area contributed by atoms with E-state index < -0.39 is 0 Å². The van der Waals surface area contributed by atoms with Gasteiger partial charge in [-0.3, -0.25) is 4.79 Å². The fourth-order valence-corrected chi connectivity index (χ4v) is 2.61. The first-order chi connectivity index (χ1) is 8.66. The predicted molar refractivity (Wildman–Crippen MR) is 70.3 cm³/mol. The first-order valence-corrected chi connectivity index (χ1v) is 6.74. The number of carbonyl (C=O) groups is 1. The van der Waals surface area contributed by atoms with Crippen LogP contribution in [0.4, 0.5) is 0 Å². The van der Waals surface area contributed by atoms with Crippen LogP contribution in [0.1, 0.15) is 38.9 Å². The van der Waals surface area contributed by atoms with Crippen molar-refractivity contribution in [2.45, 2.75) is 51.1 Å². The van der Waals surface area contributed by atoms with Crippen molar-refractivity contribution in [3.8, 4) is 0 Å². The molecule has 2 rings (SSSR count). The van der Waals surface area contributed by atoms with Gasteiger partial charge in [0, 0.05) is 12.5 Å². The highest BCUT2D eigenvalue weighted by molar-refractivity contribution is 5.86. The Morgan fingerprint density at radius 3 is 3.06 bits per heavy atom. The minimum atomic E-state index is -0.350. The van der Waals surface area contributed by atoms with Crippen LogP contribution < -0.4 is 10.6 Å². The van der Waals surface area contributed by atoms with Gasteiger partial charge >= 0.3 is 0 Å². The van der Waals surface area contributed by atoms with Crippen molar-refractivity contribution < 1.29 is 9.21 Å². The topological polar surface area (TPSA) is 54.3 Å². The lowest BCUT2D eigenvalue weighted by atomic mass is 9.92. The van der Waals surface area contributed by atoms with Crippen LogP contribution in [0.2, 0.25) is 0 Å². The zero-order valence-electron chi connectivity index (χ0n) is 11.2. The van der Waals surface area contributed by atoms with E-state index in [0.717, 1.165) is 38.0 Å². The molecule has 1 aliphatic rings. The molecule has 18 heavy (non-hydrogen) atoms. The summed E-state index contributed by atoms with van der Waals surface area (Å²) in [5.74, 6) is 1.04. The van der Waals surface area contributed by atoms with Gasteiger partial charge in [-0.15, -0.1) is 0 Å². The van der Waals surface area contributed by atoms with Gasteiger partial charge < -0.3 is 15.1 Å². The molecule has 1 amide bonds. The monoisotopic (exact) mass is 250 g/mol. The summed E-state index contributed by atoms with van der Waals surface area (Å²) in [5.41, 5.74) is -0.350. The number of rotatable bonds is 5. The lowest BCUT2D eigenvalue weighted by Crippen LogP contribution is -2.55. The highest BCUT2D eigenvalue weighted by atomic mass is 16.3. The van der Waals surface area contributed by atoms with Gasteiger partial charge in [-0.1, -0.05) is 6.92 Å². The van der Waals surface area contributed by atoms with Crippen LogP contribution >= 0.6 is 0 Å². The Bertz CT molecular complexity index is 381. The lowest BCUT2D eigenvalue weighted by Gasteiger charge is -2.28. The number of amides is 1. The summed E-state index contributed by atoms with van der Waals surface area (Å²) in [4.78, 5) is 12.3. The van der Waals surface area contributed by atoms with Crippen molar-refractivity contribution in [2.75, 3.05) is 6.54 Å². The van der Waals surface area contributed by atoms with Gasteiger partial charge in [-0.25, -0.2) is 0 Å². The first-order valence-electron chi connectivity index (χ1n) is 6.74. The minimum absolute atomic E-state index is 0.0921. The molecule has 1 aromatic rings. The summed E-state index contributed by atoms with van der Waals surface area (Å²) >= 11 is 0. The molecule has 2 heterocycles. The fraction of sp³-hybridized carbons (Fsp3) is 0.643. The third-order valence-electron chi connectivity index (χ3n) is 3.75. The summed E-state index contributed by atoms with van der Waals surface area (Å²) in [6.45, 7) is 5.02. The SMILES string of the molecule is CCC1(C(=O)NC(C)Cc2ccco2)CCCN1. The second kappa shape index (κ2) is 5.57. The molecular formula is C14H22N2O2. The molecular weight excluding hydrogens is 228 g/mol. The van der Waals surface area contributed by atoms with Gasteiger partial charge in [-0.05, 0) is 44.9 Å². The second-order valence-corrected chi connectivity index (χ2v) is 5.12. The summed E-state index contributed by atoms with van der Waals surface area (Å²) in [7, 11) is 0. The van der Waals surface area contributed by atoms with Gasteiger partial charge in [0.1, 0.15) is 5.76 Å². The van der Waals surface area contributed by atoms with Crippen LogP contribution in [0.25, 0.3) is 0 Å². The molecule has 1 fully saturated rings. The third-order valence-corrected chi connectivity index (χ3v) is 3.75. The summed E-state index contributed by atoms with van der Waals surface area (Å²) < 4.78 is 5.30. The largest absolute Gasteiger partial charge is 0.469 e. The van der Waals surface area contributed by atoms with Crippen LogP contribution in [0.3, 0.4) is 0 Å². The van der Waals surface area contributed by atoms with Gasteiger partial charge in [0.05, 0.1) is 11.8 Å². The van der Waals surface area contributed by atoms with Crippen molar-refractivity contribution in [2.24, 2.45) is 0 Å². The van der Waals surface area contributed by atoms with Gasteiger partial charge in [-0.2, -0.15) is 0 Å². The fourth-order valence-electron chi connectivity index (χ4n) is 2.61. The zero-order chi connectivity index (χ0) is 13.0. The Morgan fingerprint density at radius 1 is 1.67 bits per heavy atom. The third kappa shape index (κ3) is 2.75. The Balaban J connectivity index is 1.90. The molecule has 2 N–H and O–H groups in total. The molecule has 0 bridgehead atoms. The van der Waals surface area contributed by atoms with E-state index in [1.807, 2.05) is 19.1 Å². The van der Waals surface area contributed by atoms with E-state index >= 15 is 0 Å². The first kappa shape index (κ1) is 13.1. The zero-order valence-corrected chi connectivity index (χ0v) is 11.2. The van der Waals surface area contributed by atoms with Crippen LogP contribution in [-0.2, 0) is 11.2 Å². The summed E-state index contributed by atoms with van der Waals surface area (Å²) in [6.07, 6.45) is 5.25. The van der Waals surface area contributed by atoms with E-state index in [2.05, 4.69) is 17.6 Å². The maximum atomic E-state index is 12.3. The van der Waals surface area contributed by atoms with E-state index in [9.17, 15) is 4.79 Å². The summed E-state index contributed by atoms with van der Waals surface area (Å²) in [6, 6.07) is 3.90. The van der Waals surface area contributed by atoms with Crippen LogP contribution in [0, 0.1) is 0 Å². The van der Waals surface area contributed by atoms with Gasteiger partial charge in [0.15, 0.2) is 0 Å². The molecule has 1 saturated heterocycles. The molecule has 2 atom stereocenters. The van der Waals surface area contributed by atoms with Crippen LogP contribution in [-0.4, -0.2) is 24.0 Å². The van der Waals surface area contributed by atoms with Gasteiger partial charge in [0.25, 0.3) is 0 Å². The molecule has 0 aliphatic carbocycles. The van der Waals surface area contributed by atoms with Crippen molar-refractivity contribution >= 4 is 5.91 Å². The molecule has 4 heteroatoms. The van der Waals surface area contributed by atoms with E-state index in [-0.39, 0.29) is 17.5 Å². The average molecular weight is 250 g/mol. The number of nitrogens with one attached hydrogen (secondary N) is 2. The average Bonchev–Trinajstić information content (AvgIpc) is 2.99. The Hall–Kier alpha value is -1.29. The van der Waals surface area contributed by atoms with Crippen molar-refractivity contribution in [3.63, 3.8) is 0 Å². The molecule has 0 saturated carbocycles. The Kier molecular flexibility index (Phi) is 4.07. The lowest BCUT2D eigenvalue weighted by molar-refractivity contribution is -0.127. The van der Waals surface area contributed by atoms with E-state index in [4.69, 9.17) is 4.42 Å². The molecule has 0 spiro atoms. The van der Waals surface area contributed by atoms with E-state index in [1.165, 1.54) is 0 Å². The Morgan fingerprint density at radius 2 is 2.50 bits per heavy atom. The molecule has 0 aromatic carbocycles. The number of hydrogen-bond donors (Lipinski definition) is 2. The standard InChI is InChI=1S/C14H22N2O2/c1-3-14(7-5-8-15-14)13(17)16-11(2)10-12-6-4-9-18-12/h4,6,9,11,15H,3,5,7-8,10H2,1-2H3,(H,16,17). The molecule has 4 nitrogen and oxygen atoms in total. The molecule has 100 valence electrons. The maximum Gasteiger partial charge on any atom is 0.240 e. The normalized spacial score (nSPS) is 25.0. The molecule has 1 aliphatic heterocycles. The quantitative estimate of drug-likeness (QED) is 0.838. The number of furan rings is 1. The van der Waals surface area contributed by atoms with Gasteiger partial charge in [0.2, 0.25) is 5.91 Å². The van der Waals surface area contributed by atoms with Crippen molar-refractivity contribution in [1.82, 2.24) is 10.6 Å².